The molecule has 0 saturated carbocycles. The normalized spacial score (nSPS) is 16.5. The van der Waals surface area contributed by atoms with Gasteiger partial charge in [0.2, 0.25) is 0 Å². The van der Waals surface area contributed by atoms with Crippen LogP contribution < -0.4 is 15.6 Å². The third-order valence-electron chi connectivity index (χ3n) is 8.44. The summed E-state index contributed by atoms with van der Waals surface area (Å²) in [6.07, 6.45) is 7.61. The van der Waals surface area contributed by atoms with E-state index in [1.54, 1.807) is 12.1 Å². The van der Waals surface area contributed by atoms with Gasteiger partial charge in [-0.25, -0.2) is 8.78 Å². The fraction of sp³-hybridized carbons (Fsp3) is 0.424. The zero-order valence-electron chi connectivity index (χ0n) is 25.7. The molecule has 0 aliphatic carbocycles. The maximum Gasteiger partial charge on any atom is 0.269 e. The van der Waals surface area contributed by atoms with Gasteiger partial charge in [0.25, 0.3) is 11.5 Å². The number of aromatic nitrogens is 4. The summed E-state index contributed by atoms with van der Waals surface area (Å²) in [6, 6.07) is 7.24. The molecule has 4 aromatic rings. The van der Waals surface area contributed by atoms with Gasteiger partial charge < -0.3 is 24.3 Å². The van der Waals surface area contributed by atoms with E-state index >= 15 is 8.78 Å². The minimum absolute atomic E-state index is 0.0521. The number of benzene rings is 2. The number of likely N-dealkylation sites (tertiary alicyclic amines) is 1. The first-order chi connectivity index (χ1) is 22.2. The Morgan fingerprint density at radius 2 is 1.87 bits per heavy atom. The van der Waals surface area contributed by atoms with Crippen molar-refractivity contribution in [3.63, 3.8) is 0 Å². The molecule has 13 heteroatoms. The Balaban J connectivity index is 1.23. The Bertz CT molecular complexity index is 1750. The molecule has 2 saturated heterocycles. The van der Waals surface area contributed by atoms with Crippen molar-refractivity contribution in [3.8, 4) is 22.1 Å². The van der Waals surface area contributed by atoms with Crippen LogP contribution >= 0.6 is 11.3 Å². The number of nitrogens with zero attached hydrogens (tertiary/aromatic N) is 5. The van der Waals surface area contributed by atoms with Gasteiger partial charge in [0.05, 0.1) is 18.3 Å². The van der Waals surface area contributed by atoms with Gasteiger partial charge in [0.15, 0.2) is 5.01 Å². The number of ether oxygens (including phenoxy) is 2. The summed E-state index contributed by atoms with van der Waals surface area (Å²) in [5, 5.41) is 12.5. The van der Waals surface area contributed by atoms with Crippen LogP contribution in [0.25, 0.3) is 10.6 Å². The molecule has 6 rings (SSSR count). The fourth-order valence-corrected chi connectivity index (χ4v) is 6.71. The van der Waals surface area contributed by atoms with Crippen LogP contribution in [0.4, 0.5) is 8.78 Å². The molecule has 1 amide bonds. The molecular weight excluding hydrogens is 614 g/mol. The van der Waals surface area contributed by atoms with Crippen molar-refractivity contribution < 1.29 is 23.0 Å². The van der Waals surface area contributed by atoms with Crippen LogP contribution in [0, 0.1) is 11.6 Å². The van der Waals surface area contributed by atoms with E-state index in [1.165, 1.54) is 46.5 Å². The van der Waals surface area contributed by atoms with Crippen molar-refractivity contribution in [1.82, 2.24) is 30.0 Å². The third kappa shape index (κ3) is 7.32. The van der Waals surface area contributed by atoms with E-state index in [0.717, 1.165) is 63.2 Å². The quantitative estimate of drug-likeness (QED) is 0.257. The highest BCUT2D eigenvalue weighted by Gasteiger charge is 2.28. The minimum Gasteiger partial charge on any atom is -0.457 e. The second kappa shape index (κ2) is 14.1. The molecule has 242 valence electrons. The van der Waals surface area contributed by atoms with Gasteiger partial charge in [-0.15, -0.1) is 10.2 Å². The maximum atomic E-state index is 15.5. The van der Waals surface area contributed by atoms with Crippen LogP contribution in [-0.4, -0.2) is 68.9 Å². The van der Waals surface area contributed by atoms with E-state index in [4.69, 9.17) is 9.47 Å². The summed E-state index contributed by atoms with van der Waals surface area (Å²) < 4.78 is 43.7. The zero-order valence-corrected chi connectivity index (χ0v) is 26.6. The summed E-state index contributed by atoms with van der Waals surface area (Å²) >= 11 is 1.32. The van der Waals surface area contributed by atoms with Gasteiger partial charge in [0, 0.05) is 73.9 Å². The van der Waals surface area contributed by atoms with Crippen molar-refractivity contribution in [3.05, 3.63) is 87.0 Å². The van der Waals surface area contributed by atoms with Gasteiger partial charge in [0.1, 0.15) is 28.1 Å². The molecule has 2 fully saturated rings. The lowest BCUT2D eigenvalue weighted by Crippen LogP contribution is -2.49. The van der Waals surface area contributed by atoms with Crippen LogP contribution in [0.1, 0.15) is 66.4 Å². The van der Waals surface area contributed by atoms with Crippen molar-refractivity contribution in [2.45, 2.75) is 64.1 Å². The predicted molar refractivity (Wildman–Crippen MR) is 169 cm³/mol. The molecule has 0 atom stereocenters. The molecule has 0 radical (unpaired) electrons. The second-order valence-electron chi connectivity index (χ2n) is 12.0. The highest BCUT2D eigenvalue weighted by Crippen LogP contribution is 2.34. The number of carbonyl (C=O) groups excluding carboxylic acids is 1. The first-order valence-electron chi connectivity index (χ1n) is 15.5. The summed E-state index contributed by atoms with van der Waals surface area (Å²) in [7, 11) is 0. The third-order valence-corrected chi connectivity index (χ3v) is 9.70. The van der Waals surface area contributed by atoms with Gasteiger partial charge in [-0.2, -0.15) is 0 Å². The van der Waals surface area contributed by atoms with Crippen molar-refractivity contribution >= 4 is 17.2 Å². The van der Waals surface area contributed by atoms with Crippen molar-refractivity contribution in [1.29, 1.82) is 0 Å². The van der Waals surface area contributed by atoms with Gasteiger partial charge >= 0.3 is 0 Å². The van der Waals surface area contributed by atoms with E-state index in [1.807, 2.05) is 13.8 Å². The van der Waals surface area contributed by atoms with Gasteiger partial charge in [-0.1, -0.05) is 25.2 Å². The summed E-state index contributed by atoms with van der Waals surface area (Å²) in [5.74, 6) is -1.45. The molecule has 4 heterocycles. The Morgan fingerprint density at radius 3 is 2.57 bits per heavy atom. The van der Waals surface area contributed by atoms with Crippen LogP contribution in [0.3, 0.4) is 0 Å². The average Bonchev–Trinajstić information content (AvgIpc) is 3.55. The van der Waals surface area contributed by atoms with E-state index in [-0.39, 0.29) is 41.1 Å². The SMILES string of the molecule is CC(C)c1nnc(-c2ccc(Oc3cc(C(=O)NC4CCN(C5CCOCC5)CC4)c(F)cc3Cn3ccncc3=O)cc2F)s1. The molecule has 0 spiro atoms. The van der Waals surface area contributed by atoms with Crippen molar-refractivity contribution in [2.24, 2.45) is 0 Å². The van der Waals surface area contributed by atoms with Crippen LogP contribution in [0.15, 0.2) is 53.7 Å². The summed E-state index contributed by atoms with van der Waals surface area (Å²) in [4.78, 5) is 32.0. The molecule has 2 aliphatic heterocycles. The smallest absolute Gasteiger partial charge is 0.269 e. The Morgan fingerprint density at radius 1 is 1.09 bits per heavy atom. The number of piperidine rings is 1. The zero-order chi connectivity index (χ0) is 32.2. The highest BCUT2D eigenvalue weighted by molar-refractivity contribution is 7.14. The van der Waals surface area contributed by atoms with E-state index in [9.17, 15) is 9.59 Å². The van der Waals surface area contributed by atoms with Gasteiger partial charge in [-0.3, -0.25) is 14.6 Å². The van der Waals surface area contributed by atoms with E-state index < -0.39 is 23.1 Å². The van der Waals surface area contributed by atoms with Crippen LogP contribution in [0.5, 0.6) is 11.5 Å². The topological polar surface area (TPSA) is 111 Å². The largest absolute Gasteiger partial charge is 0.457 e. The summed E-state index contributed by atoms with van der Waals surface area (Å²) in [6.45, 7) is 7.18. The highest BCUT2D eigenvalue weighted by atomic mass is 32.1. The lowest BCUT2D eigenvalue weighted by Gasteiger charge is -2.39. The van der Waals surface area contributed by atoms with Crippen LogP contribution in [0.2, 0.25) is 0 Å². The lowest BCUT2D eigenvalue weighted by molar-refractivity contribution is 0.0238. The molecule has 2 aromatic carbocycles. The molecule has 0 unspecified atom stereocenters. The maximum absolute atomic E-state index is 15.5. The van der Waals surface area contributed by atoms with Crippen molar-refractivity contribution in [2.75, 3.05) is 26.3 Å². The number of hydrogen-bond acceptors (Lipinski definition) is 9. The summed E-state index contributed by atoms with van der Waals surface area (Å²) in [5.41, 5.74) is -0.0134. The average molecular weight is 651 g/mol. The molecule has 2 aromatic heterocycles. The van der Waals surface area contributed by atoms with Crippen LogP contribution in [-0.2, 0) is 11.3 Å². The van der Waals surface area contributed by atoms with E-state index in [2.05, 4.69) is 25.4 Å². The number of hydrogen-bond donors (Lipinski definition) is 1. The molecular formula is C33H36F2N6O4S. The number of rotatable bonds is 9. The second-order valence-corrected chi connectivity index (χ2v) is 13.0. The molecule has 10 nitrogen and oxygen atoms in total. The fourth-order valence-electron chi connectivity index (χ4n) is 5.83. The first-order valence-corrected chi connectivity index (χ1v) is 16.3. The molecule has 46 heavy (non-hydrogen) atoms. The number of amides is 1. The Hall–Kier alpha value is -4.07. The number of nitrogens with one attached hydrogen (secondary N) is 1. The number of carbonyl (C=O) groups is 1. The lowest BCUT2D eigenvalue weighted by atomic mass is 9.99. The minimum atomic E-state index is -0.750. The Labute approximate surface area is 269 Å². The Kier molecular flexibility index (Phi) is 9.81. The monoisotopic (exact) mass is 650 g/mol. The molecule has 1 N–H and O–H groups in total. The van der Waals surface area contributed by atoms with Gasteiger partial charge in [-0.05, 0) is 49.9 Å². The molecule has 2 aliphatic rings. The van der Waals surface area contributed by atoms with E-state index in [0.29, 0.717) is 16.6 Å². The number of halogens is 2. The molecule has 0 bridgehead atoms. The standard InChI is InChI=1S/C33H36F2N6O4S/c1-20(2)32-38-39-33(46-32)25-4-3-24(16-28(25)35)45-29-17-26(27(34)15-21(29)19-41-12-9-36-18-30(41)42)31(43)37-22-5-10-40(11-6-22)23-7-13-44-14-8-23/h3-4,9,12,15-18,20,22-23H,5-8,10-11,13-14,19H2,1-2H3,(H,37,43). The predicted octanol–water partition coefficient (Wildman–Crippen LogP) is 5.38. The first kappa shape index (κ1) is 31.9.